The smallest absolute Gasteiger partial charge is 0.224 e. The van der Waals surface area contributed by atoms with Crippen LogP contribution in [-0.4, -0.2) is 21.5 Å². The normalized spacial score (nSPS) is 18.1. The number of amides is 1. The first kappa shape index (κ1) is 12.4. The molecule has 1 aliphatic rings. The van der Waals surface area contributed by atoms with E-state index in [2.05, 4.69) is 21.1 Å². The molecule has 1 atom stereocenters. The second-order valence-corrected chi connectivity index (χ2v) is 5.84. The van der Waals surface area contributed by atoms with Gasteiger partial charge in [0.05, 0.1) is 12.1 Å². The summed E-state index contributed by atoms with van der Waals surface area (Å²) in [5.74, 6) is 1.25. The summed E-state index contributed by atoms with van der Waals surface area (Å²) in [5, 5.41) is 7.15. The van der Waals surface area contributed by atoms with Crippen molar-refractivity contribution >= 4 is 17.2 Å². The van der Waals surface area contributed by atoms with Gasteiger partial charge >= 0.3 is 0 Å². The van der Waals surface area contributed by atoms with E-state index < -0.39 is 0 Å². The lowest BCUT2D eigenvalue weighted by atomic mass is 10.1. The third kappa shape index (κ3) is 2.87. The average Bonchev–Trinajstić information content (AvgIpc) is 2.96. The number of fused-ring (bicyclic) bond motifs is 1. The monoisotopic (exact) mass is 275 g/mol. The standard InChI is InChI=1S/C14H17N3OS/c1-10-7-17-8-12(2-3-13(17)15-10)16-14(18)6-11-4-5-19-9-11/h4-5,7,9,12H,2-3,6,8H2,1H3,(H,16,18)/t12-/m0/s1. The molecule has 1 amide bonds. The van der Waals surface area contributed by atoms with E-state index in [4.69, 9.17) is 0 Å². The minimum atomic E-state index is 0.115. The molecule has 0 bridgehead atoms. The van der Waals surface area contributed by atoms with Crippen LogP contribution in [0.5, 0.6) is 0 Å². The Labute approximate surface area is 116 Å². The Bertz CT molecular complexity index is 574. The Kier molecular flexibility index (Phi) is 3.38. The highest BCUT2D eigenvalue weighted by Gasteiger charge is 2.21. The van der Waals surface area contributed by atoms with Crippen molar-refractivity contribution in [3.63, 3.8) is 0 Å². The number of hydrogen-bond acceptors (Lipinski definition) is 3. The molecule has 0 spiro atoms. The lowest BCUT2D eigenvalue weighted by molar-refractivity contribution is -0.121. The summed E-state index contributed by atoms with van der Waals surface area (Å²) in [5.41, 5.74) is 2.15. The maximum absolute atomic E-state index is 12.0. The number of aryl methyl sites for hydroxylation is 2. The van der Waals surface area contributed by atoms with E-state index in [1.54, 1.807) is 11.3 Å². The van der Waals surface area contributed by atoms with E-state index in [0.717, 1.165) is 36.5 Å². The van der Waals surface area contributed by atoms with Gasteiger partial charge < -0.3 is 9.88 Å². The van der Waals surface area contributed by atoms with Crippen molar-refractivity contribution in [3.05, 3.63) is 40.1 Å². The molecule has 19 heavy (non-hydrogen) atoms. The van der Waals surface area contributed by atoms with E-state index in [0.29, 0.717) is 6.42 Å². The van der Waals surface area contributed by atoms with Crippen LogP contribution in [0.1, 0.15) is 23.5 Å². The van der Waals surface area contributed by atoms with Gasteiger partial charge in [0.25, 0.3) is 0 Å². The van der Waals surface area contributed by atoms with Gasteiger partial charge in [-0.1, -0.05) is 0 Å². The Balaban J connectivity index is 1.58. The largest absolute Gasteiger partial charge is 0.351 e. The molecular weight excluding hydrogens is 258 g/mol. The van der Waals surface area contributed by atoms with E-state index in [9.17, 15) is 4.79 Å². The van der Waals surface area contributed by atoms with Crippen LogP contribution in [-0.2, 0) is 24.2 Å². The molecule has 0 aliphatic carbocycles. The minimum absolute atomic E-state index is 0.115. The van der Waals surface area contributed by atoms with E-state index in [1.807, 2.05) is 23.8 Å². The molecule has 4 nitrogen and oxygen atoms in total. The molecule has 0 unspecified atom stereocenters. The molecule has 2 aromatic rings. The summed E-state index contributed by atoms with van der Waals surface area (Å²) in [6.07, 6.45) is 4.46. The number of nitrogens with zero attached hydrogens (tertiary/aromatic N) is 2. The molecular formula is C14H17N3OS. The van der Waals surface area contributed by atoms with Crippen LogP contribution in [0, 0.1) is 6.92 Å². The highest BCUT2D eigenvalue weighted by atomic mass is 32.1. The van der Waals surface area contributed by atoms with E-state index >= 15 is 0 Å². The number of nitrogens with one attached hydrogen (secondary N) is 1. The molecule has 0 saturated carbocycles. The SMILES string of the molecule is Cc1cn2c(n1)CC[C@H](NC(=O)Cc1ccsc1)C2. The molecule has 0 radical (unpaired) electrons. The molecule has 2 aromatic heterocycles. The molecule has 3 rings (SSSR count). The number of rotatable bonds is 3. The zero-order chi connectivity index (χ0) is 13.2. The van der Waals surface area contributed by atoms with Gasteiger partial charge in [0, 0.05) is 25.2 Å². The Morgan fingerprint density at radius 1 is 1.63 bits per heavy atom. The van der Waals surface area contributed by atoms with Gasteiger partial charge in [-0.2, -0.15) is 11.3 Å². The molecule has 1 aliphatic heterocycles. The molecule has 0 aromatic carbocycles. The number of thiophene rings is 1. The number of imidazole rings is 1. The highest BCUT2D eigenvalue weighted by Crippen LogP contribution is 2.15. The van der Waals surface area contributed by atoms with Gasteiger partial charge in [0.2, 0.25) is 5.91 Å². The van der Waals surface area contributed by atoms with Crippen molar-refractivity contribution in [2.24, 2.45) is 0 Å². The molecule has 100 valence electrons. The van der Waals surface area contributed by atoms with Crippen molar-refractivity contribution in [2.45, 2.75) is 38.8 Å². The van der Waals surface area contributed by atoms with Crippen molar-refractivity contribution in [3.8, 4) is 0 Å². The van der Waals surface area contributed by atoms with Crippen molar-refractivity contribution < 1.29 is 4.79 Å². The van der Waals surface area contributed by atoms with Crippen LogP contribution in [0.4, 0.5) is 0 Å². The van der Waals surface area contributed by atoms with Gasteiger partial charge in [-0.05, 0) is 35.7 Å². The zero-order valence-corrected chi connectivity index (χ0v) is 11.7. The highest BCUT2D eigenvalue weighted by molar-refractivity contribution is 7.07. The summed E-state index contributed by atoms with van der Waals surface area (Å²) in [6, 6.07) is 2.23. The van der Waals surface area contributed by atoms with E-state index in [-0.39, 0.29) is 11.9 Å². The Morgan fingerprint density at radius 3 is 3.32 bits per heavy atom. The quantitative estimate of drug-likeness (QED) is 0.930. The first-order valence-corrected chi connectivity index (χ1v) is 7.48. The predicted octanol–water partition coefficient (Wildman–Crippen LogP) is 1.93. The van der Waals surface area contributed by atoms with Crippen LogP contribution < -0.4 is 5.32 Å². The van der Waals surface area contributed by atoms with Crippen LogP contribution in [0.2, 0.25) is 0 Å². The maximum atomic E-state index is 12.0. The van der Waals surface area contributed by atoms with Gasteiger partial charge in [-0.25, -0.2) is 4.98 Å². The lowest BCUT2D eigenvalue weighted by Crippen LogP contribution is -2.41. The molecule has 1 N–H and O–H groups in total. The fourth-order valence-corrected chi connectivity index (χ4v) is 3.23. The summed E-state index contributed by atoms with van der Waals surface area (Å²) in [4.78, 5) is 16.4. The summed E-state index contributed by atoms with van der Waals surface area (Å²) >= 11 is 1.63. The molecule has 3 heterocycles. The summed E-state index contributed by atoms with van der Waals surface area (Å²) in [7, 11) is 0. The summed E-state index contributed by atoms with van der Waals surface area (Å²) in [6.45, 7) is 2.85. The second kappa shape index (κ2) is 5.17. The van der Waals surface area contributed by atoms with Crippen molar-refractivity contribution in [1.82, 2.24) is 14.9 Å². The first-order valence-electron chi connectivity index (χ1n) is 6.54. The predicted molar refractivity (Wildman–Crippen MR) is 75.2 cm³/mol. The third-order valence-electron chi connectivity index (χ3n) is 3.42. The second-order valence-electron chi connectivity index (χ2n) is 5.06. The molecule has 0 fully saturated rings. The fraction of sp³-hybridized carbons (Fsp3) is 0.429. The number of carbonyl (C=O) groups is 1. The average molecular weight is 275 g/mol. The van der Waals surface area contributed by atoms with Gasteiger partial charge in [0.15, 0.2) is 0 Å². The lowest BCUT2D eigenvalue weighted by Gasteiger charge is -2.24. The topological polar surface area (TPSA) is 46.9 Å². The Morgan fingerprint density at radius 2 is 2.53 bits per heavy atom. The fourth-order valence-electron chi connectivity index (χ4n) is 2.56. The van der Waals surface area contributed by atoms with Gasteiger partial charge in [-0.3, -0.25) is 4.79 Å². The minimum Gasteiger partial charge on any atom is -0.351 e. The number of aromatic nitrogens is 2. The van der Waals surface area contributed by atoms with Crippen LogP contribution in [0.15, 0.2) is 23.0 Å². The number of carbonyl (C=O) groups excluding carboxylic acids is 1. The van der Waals surface area contributed by atoms with Crippen LogP contribution in [0.3, 0.4) is 0 Å². The maximum Gasteiger partial charge on any atom is 0.224 e. The van der Waals surface area contributed by atoms with Crippen molar-refractivity contribution in [1.29, 1.82) is 0 Å². The summed E-state index contributed by atoms with van der Waals surface area (Å²) < 4.78 is 2.16. The molecule has 5 heteroatoms. The van der Waals surface area contributed by atoms with Crippen LogP contribution >= 0.6 is 11.3 Å². The van der Waals surface area contributed by atoms with Gasteiger partial charge in [-0.15, -0.1) is 0 Å². The van der Waals surface area contributed by atoms with E-state index in [1.165, 1.54) is 0 Å². The first-order chi connectivity index (χ1) is 9.20. The third-order valence-corrected chi connectivity index (χ3v) is 4.16. The number of hydrogen-bond donors (Lipinski definition) is 1. The van der Waals surface area contributed by atoms with Crippen molar-refractivity contribution in [2.75, 3.05) is 0 Å². The molecule has 0 saturated heterocycles. The van der Waals surface area contributed by atoms with Crippen LogP contribution in [0.25, 0.3) is 0 Å². The Hall–Kier alpha value is -1.62. The zero-order valence-electron chi connectivity index (χ0n) is 10.9. The van der Waals surface area contributed by atoms with Gasteiger partial charge in [0.1, 0.15) is 5.82 Å².